The fourth-order valence-electron chi connectivity index (χ4n) is 8.10. The van der Waals surface area contributed by atoms with Gasteiger partial charge in [-0.05, 0) is 85.8 Å². The molecule has 6 heteroatoms. The van der Waals surface area contributed by atoms with Gasteiger partial charge in [0.2, 0.25) is 11.8 Å². The van der Waals surface area contributed by atoms with Crippen molar-refractivity contribution in [2.75, 3.05) is 12.4 Å². The molecule has 3 saturated carbocycles. The van der Waals surface area contributed by atoms with Gasteiger partial charge in [0.25, 0.3) is 0 Å². The van der Waals surface area contributed by atoms with Crippen molar-refractivity contribution in [3.63, 3.8) is 0 Å². The number of fused-ring (bicyclic) bond motifs is 5. The normalized spacial score (nSPS) is 40.4. The van der Waals surface area contributed by atoms with E-state index in [1.807, 2.05) is 11.9 Å². The van der Waals surface area contributed by atoms with Crippen molar-refractivity contribution in [3.05, 3.63) is 35.6 Å². The molecule has 0 saturated heterocycles. The lowest BCUT2D eigenvalue weighted by atomic mass is 9.47. The number of hydrogen-bond acceptors (Lipinski definition) is 3. The molecule has 1 aromatic heterocycles. The molecule has 0 bridgehead atoms. The summed E-state index contributed by atoms with van der Waals surface area (Å²) >= 11 is 5.96. The van der Waals surface area contributed by atoms with Gasteiger partial charge in [-0.15, -0.1) is 0 Å². The monoisotopic (exact) mass is 455 g/mol. The van der Waals surface area contributed by atoms with Gasteiger partial charge in [-0.1, -0.05) is 31.5 Å². The molecule has 0 spiro atoms. The Balaban J connectivity index is 1.31. The van der Waals surface area contributed by atoms with E-state index in [0.29, 0.717) is 47.0 Å². The van der Waals surface area contributed by atoms with Crippen LogP contribution in [0.2, 0.25) is 5.15 Å². The highest BCUT2D eigenvalue weighted by molar-refractivity contribution is 6.29. The van der Waals surface area contributed by atoms with Crippen molar-refractivity contribution >= 4 is 29.1 Å². The number of nitrogens with one attached hydrogen (secondary N) is 1. The van der Waals surface area contributed by atoms with Crippen LogP contribution in [-0.2, 0) is 9.59 Å². The number of pyridine rings is 1. The van der Waals surface area contributed by atoms with E-state index in [4.69, 9.17) is 11.6 Å². The molecule has 3 aliphatic carbocycles. The van der Waals surface area contributed by atoms with E-state index in [1.54, 1.807) is 24.4 Å². The highest BCUT2D eigenvalue weighted by Gasteiger charge is 2.60. The molecular formula is C26H34ClN3O2. The Morgan fingerprint density at radius 1 is 1.22 bits per heavy atom. The number of hydrogen-bond donors (Lipinski definition) is 1. The third kappa shape index (κ3) is 3.39. The number of anilines is 1. The van der Waals surface area contributed by atoms with Crippen LogP contribution in [0.1, 0.15) is 58.8 Å². The molecule has 5 nitrogen and oxygen atoms in total. The molecule has 1 aromatic rings. The molecule has 1 N–H and O–H groups in total. The zero-order chi connectivity index (χ0) is 22.7. The van der Waals surface area contributed by atoms with E-state index in [0.717, 1.165) is 12.8 Å². The number of carbonyl (C=O) groups is 2. The number of amides is 2. The van der Waals surface area contributed by atoms with Crippen LogP contribution < -0.4 is 5.32 Å². The maximum absolute atomic E-state index is 12.9. The first-order chi connectivity index (χ1) is 15.2. The number of carbonyl (C=O) groups excluding carboxylic acids is 2. The van der Waals surface area contributed by atoms with Gasteiger partial charge in [0.15, 0.2) is 0 Å². The first-order valence-corrected chi connectivity index (χ1v) is 12.5. The average molecular weight is 456 g/mol. The molecule has 5 rings (SSSR count). The molecule has 172 valence electrons. The molecule has 4 unspecified atom stereocenters. The molecular weight excluding hydrogens is 422 g/mol. The Morgan fingerprint density at radius 2 is 2.03 bits per heavy atom. The minimum atomic E-state index is 0.0724. The smallest absolute Gasteiger partial charge is 0.246 e. The minimum Gasteiger partial charge on any atom is -0.338 e. The number of rotatable bonds is 3. The molecule has 2 amide bonds. The average Bonchev–Trinajstić information content (AvgIpc) is 3.07. The number of likely N-dealkylation sites (N-methyl/N-ethyl adjacent to an activating group) is 1. The summed E-state index contributed by atoms with van der Waals surface area (Å²) in [5, 5.41) is 3.41. The lowest BCUT2D eigenvalue weighted by Gasteiger charge is -2.60. The Bertz CT molecular complexity index is 964. The van der Waals surface area contributed by atoms with Gasteiger partial charge in [-0.25, -0.2) is 4.98 Å². The zero-order valence-corrected chi connectivity index (χ0v) is 20.1. The molecule has 2 heterocycles. The predicted molar refractivity (Wildman–Crippen MR) is 126 cm³/mol. The predicted octanol–water partition coefficient (Wildman–Crippen LogP) is 5.32. The van der Waals surface area contributed by atoms with Crippen molar-refractivity contribution in [2.45, 2.75) is 64.8 Å². The second kappa shape index (κ2) is 7.86. The molecule has 0 radical (unpaired) electrons. The SMILES string of the molecule is CN1C(=O)C=C[C@]2(C)C3CC[C@@]4(C)C(CC[C@@H]4CC(=O)Nc4ccnc(Cl)c4)C3CCC12. The molecule has 4 aliphatic rings. The van der Waals surface area contributed by atoms with Gasteiger partial charge in [-0.2, -0.15) is 0 Å². The molecule has 0 aromatic carbocycles. The first-order valence-electron chi connectivity index (χ1n) is 12.1. The summed E-state index contributed by atoms with van der Waals surface area (Å²) in [6, 6.07) is 3.80. The maximum Gasteiger partial charge on any atom is 0.246 e. The van der Waals surface area contributed by atoms with Gasteiger partial charge in [0.1, 0.15) is 5.15 Å². The van der Waals surface area contributed by atoms with E-state index in [1.165, 1.54) is 25.7 Å². The van der Waals surface area contributed by atoms with E-state index in [-0.39, 0.29) is 22.6 Å². The summed E-state index contributed by atoms with van der Waals surface area (Å²) in [5.74, 6) is 2.62. The minimum absolute atomic E-state index is 0.0724. The summed E-state index contributed by atoms with van der Waals surface area (Å²) in [6.45, 7) is 4.83. The van der Waals surface area contributed by atoms with E-state index >= 15 is 0 Å². The Labute approximate surface area is 196 Å². The molecule has 3 fully saturated rings. The highest BCUT2D eigenvalue weighted by atomic mass is 35.5. The third-order valence-electron chi connectivity index (χ3n) is 9.77. The van der Waals surface area contributed by atoms with Crippen molar-refractivity contribution in [1.82, 2.24) is 9.88 Å². The second-order valence-corrected chi connectivity index (χ2v) is 11.4. The summed E-state index contributed by atoms with van der Waals surface area (Å²) in [6.07, 6.45) is 13.2. The summed E-state index contributed by atoms with van der Waals surface area (Å²) in [5.41, 5.74) is 1.01. The molecule has 7 atom stereocenters. The lowest BCUT2D eigenvalue weighted by Crippen LogP contribution is -2.59. The van der Waals surface area contributed by atoms with Crippen LogP contribution >= 0.6 is 11.6 Å². The molecule has 1 aliphatic heterocycles. The van der Waals surface area contributed by atoms with Crippen LogP contribution in [0.25, 0.3) is 0 Å². The topological polar surface area (TPSA) is 62.3 Å². The van der Waals surface area contributed by atoms with Crippen LogP contribution in [0, 0.1) is 34.5 Å². The second-order valence-electron chi connectivity index (χ2n) is 11.1. The van der Waals surface area contributed by atoms with Crippen molar-refractivity contribution < 1.29 is 9.59 Å². The Morgan fingerprint density at radius 3 is 2.81 bits per heavy atom. The van der Waals surface area contributed by atoms with Crippen LogP contribution in [0.15, 0.2) is 30.5 Å². The van der Waals surface area contributed by atoms with Crippen LogP contribution in [0.4, 0.5) is 5.69 Å². The van der Waals surface area contributed by atoms with Gasteiger partial charge in [-0.3, -0.25) is 9.59 Å². The third-order valence-corrected chi connectivity index (χ3v) is 9.97. The highest BCUT2D eigenvalue weighted by Crippen LogP contribution is 2.65. The van der Waals surface area contributed by atoms with Crippen molar-refractivity contribution in [2.24, 2.45) is 34.5 Å². The van der Waals surface area contributed by atoms with E-state index in [9.17, 15) is 9.59 Å². The number of halogens is 1. The van der Waals surface area contributed by atoms with Gasteiger partial charge in [0.05, 0.1) is 0 Å². The quantitative estimate of drug-likeness (QED) is 0.627. The van der Waals surface area contributed by atoms with Gasteiger partial charge < -0.3 is 10.2 Å². The number of aromatic nitrogens is 1. The summed E-state index contributed by atoms with van der Waals surface area (Å²) in [4.78, 5) is 31.1. The van der Waals surface area contributed by atoms with Crippen LogP contribution in [0.5, 0.6) is 0 Å². The summed E-state index contributed by atoms with van der Waals surface area (Å²) in [7, 11) is 1.97. The maximum atomic E-state index is 12.9. The van der Waals surface area contributed by atoms with Crippen molar-refractivity contribution in [1.29, 1.82) is 0 Å². The van der Waals surface area contributed by atoms with Crippen LogP contribution in [0.3, 0.4) is 0 Å². The largest absolute Gasteiger partial charge is 0.338 e. The van der Waals surface area contributed by atoms with E-state index in [2.05, 4.69) is 30.2 Å². The Kier molecular flexibility index (Phi) is 5.39. The number of nitrogens with zero attached hydrogens (tertiary/aromatic N) is 2. The fraction of sp³-hybridized carbons (Fsp3) is 0.654. The van der Waals surface area contributed by atoms with E-state index < -0.39 is 0 Å². The summed E-state index contributed by atoms with van der Waals surface area (Å²) < 4.78 is 0. The standard InChI is InChI=1S/C26H34ClN3O2/c1-25-11-8-20-18(5-7-21-26(20,2)12-9-24(32)30(21)3)19(25)6-4-16(25)14-23(31)29-17-10-13-28-22(27)15-17/h9-10,12-13,15-16,18-21H,4-8,11,14H2,1-3H3,(H,28,29,31)/t16-,18?,19?,20?,21?,25-,26-/m1/s1. The molecule has 32 heavy (non-hydrogen) atoms. The van der Waals surface area contributed by atoms with Gasteiger partial charge in [0, 0.05) is 36.8 Å². The first kappa shape index (κ1) is 21.9. The fourth-order valence-corrected chi connectivity index (χ4v) is 8.27. The zero-order valence-electron chi connectivity index (χ0n) is 19.3. The Hall–Kier alpha value is -1.88. The lowest BCUT2D eigenvalue weighted by molar-refractivity contribution is -0.139. The van der Waals surface area contributed by atoms with Gasteiger partial charge >= 0.3 is 0 Å². The van der Waals surface area contributed by atoms with Crippen molar-refractivity contribution in [3.8, 4) is 0 Å². The van der Waals surface area contributed by atoms with Crippen LogP contribution in [-0.4, -0.2) is 34.8 Å².